The number of carbonyl (C=O) groups excluding carboxylic acids is 3. The van der Waals surface area contributed by atoms with Gasteiger partial charge in [0.2, 0.25) is 17.7 Å². The normalized spacial score (nSPS) is 27.3. The van der Waals surface area contributed by atoms with Gasteiger partial charge in [0.25, 0.3) is 0 Å². The third kappa shape index (κ3) is 3.13. The molecule has 6 heteroatoms. The van der Waals surface area contributed by atoms with E-state index in [0.717, 1.165) is 45.2 Å². The Bertz CT molecular complexity index is 499. The summed E-state index contributed by atoms with van der Waals surface area (Å²) in [5.41, 5.74) is -0.484. The third-order valence-electron chi connectivity index (χ3n) is 5.79. The van der Waals surface area contributed by atoms with Gasteiger partial charge in [0.05, 0.1) is 5.41 Å². The van der Waals surface area contributed by atoms with Crippen molar-refractivity contribution in [1.29, 1.82) is 0 Å². The molecule has 1 spiro atoms. The number of likely N-dealkylation sites (N-methyl/N-ethyl adjacent to an activating group) is 1. The van der Waals surface area contributed by atoms with Gasteiger partial charge in [-0.1, -0.05) is 19.8 Å². The second-order valence-electron chi connectivity index (χ2n) is 7.18. The lowest BCUT2D eigenvalue weighted by molar-refractivity contribution is -0.144. The highest BCUT2D eigenvalue weighted by Crippen LogP contribution is 2.46. The van der Waals surface area contributed by atoms with Crippen LogP contribution in [0.15, 0.2) is 0 Å². The van der Waals surface area contributed by atoms with Crippen LogP contribution in [-0.2, 0) is 14.4 Å². The fraction of sp³-hybridized carbons (Fsp3) is 0.824. The van der Waals surface area contributed by atoms with Gasteiger partial charge in [-0.2, -0.15) is 0 Å². The van der Waals surface area contributed by atoms with Crippen molar-refractivity contribution in [3.05, 3.63) is 0 Å². The number of rotatable bonds is 5. The summed E-state index contributed by atoms with van der Waals surface area (Å²) in [6.45, 7) is 4.70. The molecule has 6 nitrogen and oxygen atoms in total. The molecule has 1 N–H and O–H groups in total. The van der Waals surface area contributed by atoms with Crippen LogP contribution < -0.4 is 5.32 Å². The monoisotopic (exact) mass is 321 g/mol. The van der Waals surface area contributed by atoms with Crippen LogP contribution in [0.5, 0.6) is 0 Å². The highest BCUT2D eigenvalue weighted by Gasteiger charge is 2.52. The molecule has 1 aliphatic carbocycles. The molecule has 0 unspecified atom stereocenters. The fourth-order valence-electron chi connectivity index (χ4n) is 4.44. The van der Waals surface area contributed by atoms with E-state index in [2.05, 4.69) is 17.1 Å². The zero-order valence-corrected chi connectivity index (χ0v) is 14.0. The maximum atomic E-state index is 12.6. The van der Waals surface area contributed by atoms with Gasteiger partial charge in [-0.15, -0.1) is 0 Å². The molecule has 23 heavy (non-hydrogen) atoms. The third-order valence-corrected chi connectivity index (χ3v) is 5.79. The maximum Gasteiger partial charge on any atom is 0.240 e. The SMILES string of the molecule is CCN1CCC[C@@H]1CNC(=O)CN1C(=O)CC2(CCCC2)C1=O. The van der Waals surface area contributed by atoms with Crippen molar-refractivity contribution >= 4 is 17.7 Å². The minimum atomic E-state index is -0.484. The molecule has 1 atom stereocenters. The number of nitrogens with one attached hydrogen (secondary N) is 1. The Labute approximate surface area is 137 Å². The Morgan fingerprint density at radius 3 is 2.70 bits per heavy atom. The van der Waals surface area contributed by atoms with Gasteiger partial charge in [0.15, 0.2) is 0 Å². The smallest absolute Gasteiger partial charge is 0.240 e. The standard InChI is InChI=1S/C17H27N3O3/c1-2-19-9-5-6-13(19)11-18-14(21)12-20-15(22)10-17(16(20)23)7-3-4-8-17/h13H,2-12H2,1H3,(H,18,21)/t13-/m1/s1. The van der Waals surface area contributed by atoms with Crippen LogP contribution >= 0.6 is 0 Å². The molecular weight excluding hydrogens is 294 g/mol. The van der Waals surface area contributed by atoms with E-state index in [1.165, 1.54) is 11.3 Å². The Morgan fingerprint density at radius 2 is 2.00 bits per heavy atom. The molecule has 3 aliphatic rings. The molecule has 1 saturated carbocycles. The Kier molecular flexibility index (Phi) is 4.71. The van der Waals surface area contributed by atoms with E-state index in [1.807, 2.05) is 0 Å². The van der Waals surface area contributed by atoms with Crippen LogP contribution in [0.3, 0.4) is 0 Å². The summed E-state index contributed by atoms with van der Waals surface area (Å²) >= 11 is 0. The van der Waals surface area contributed by atoms with Crippen LogP contribution in [0.4, 0.5) is 0 Å². The van der Waals surface area contributed by atoms with Crippen LogP contribution in [0.2, 0.25) is 0 Å². The van der Waals surface area contributed by atoms with Gasteiger partial charge < -0.3 is 5.32 Å². The minimum Gasteiger partial charge on any atom is -0.353 e. The molecule has 2 aliphatic heterocycles. The van der Waals surface area contributed by atoms with Crippen LogP contribution in [0, 0.1) is 5.41 Å². The van der Waals surface area contributed by atoms with Crippen molar-refractivity contribution < 1.29 is 14.4 Å². The number of nitrogens with zero attached hydrogens (tertiary/aromatic N) is 2. The van der Waals surface area contributed by atoms with E-state index >= 15 is 0 Å². The van der Waals surface area contributed by atoms with E-state index in [-0.39, 0.29) is 24.3 Å². The largest absolute Gasteiger partial charge is 0.353 e. The van der Waals surface area contributed by atoms with Crippen LogP contribution in [0.25, 0.3) is 0 Å². The summed E-state index contributed by atoms with van der Waals surface area (Å²) in [5.74, 6) is -0.515. The first-order valence-electron chi connectivity index (χ1n) is 8.91. The van der Waals surface area contributed by atoms with Crippen molar-refractivity contribution in [1.82, 2.24) is 15.1 Å². The topological polar surface area (TPSA) is 69.7 Å². The summed E-state index contributed by atoms with van der Waals surface area (Å²) in [6.07, 6.45) is 6.16. The zero-order valence-electron chi connectivity index (χ0n) is 14.0. The van der Waals surface area contributed by atoms with E-state index in [4.69, 9.17) is 0 Å². The summed E-state index contributed by atoms with van der Waals surface area (Å²) in [6, 6.07) is 0.384. The number of hydrogen-bond donors (Lipinski definition) is 1. The second-order valence-corrected chi connectivity index (χ2v) is 7.18. The number of hydrogen-bond acceptors (Lipinski definition) is 4. The van der Waals surface area contributed by atoms with Crippen molar-refractivity contribution in [2.45, 2.75) is 57.9 Å². The van der Waals surface area contributed by atoms with Gasteiger partial charge in [-0.25, -0.2) is 0 Å². The van der Waals surface area contributed by atoms with E-state index < -0.39 is 5.41 Å². The van der Waals surface area contributed by atoms with Crippen LogP contribution in [-0.4, -0.2) is 59.7 Å². The molecule has 2 saturated heterocycles. The maximum absolute atomic E-state index is 12.6. The first kappa shape index (κ1) is 16.4. The average Bonchev–Trinajstić information content (AvgIpc) is 3.23. The highest BCUT2D eigenvalue weighted by molar-refractivity contribution is 6.08. The Morgan fingerprint density at radius 1 is 1.26 bits per heavy atom. The first-order chi connectivity index (χ1) is 11.1. The van der Waals surface area contributed by atoms with Gasteiger partial charge in [0.1, 0.15) is 6.54 Å². The molecule has 0 bridgehead atoms. The molecule has 128 valence electrons. The minimum absolute atomic E-state index is 0.113. The summed E-state index contributed by atoms with van der Waals surface area (Å²) in [4.78, 5) is 40.4. The van der Waals surface area contributed by atoms with Crippen molar-refractivity contribution in [3.63, 3.8) is 0 Å². The number of imide groups is 1. The Hall–Kier alpha value is -1.43. The Balaban J connectivity index is 1.52. The lowest BCUT2D eigenvalue weighted by Gasteiger charge is -2.24. The van der Waals surface area contributed by atoms with E-state index in [0.29, 0.717) is 19.0 Å². The highest BCUT2D eigenvalue weighted by atomic mass is 16.2. The summed E-state index contributed by atoms with van der Waals surface area (Å²) in [5, 5.41) is 2.91. The summed E-state index contributed by atoms with van der Waals surface area (Å²) < 4.78 is 0. The van der Waals surface area contributed by atoms with E-state index in [9.17, 15) is 14.4 Å². The molecular formula is C17H27N3O3. The van der Waals surface area contributed by atoms with Gasteiger partial charge in [-0.05, 0) is 38.8 Å². The van der Waals surface area contributed by atoms with Gasteiger partial charge in [0, 0.05) is 19.0 Å². The predicted molar refractivity (Wildman–Crippen MR) is 85.5 cm³/mol. The second kappa shape index (κ2) is 6.59. The molecule has 2 heterocycles. The molecule has 3 rings (SSSR count). The van der Waals surface area contributed by atoms with Gasteiger partial charge >= 0.3 is 0 Å². The molecule has 0 radical (unpaired) electrons. The summed E-state index contributed by atoms with van der Waals surface area (Å²) in [7, 11) is 0. The fourth-order valence-corrected chi connectivity index (χ4v) is 4.44. The molecule has 0 aromatic rings. The molecule has 0 aromatic heterocycles. The number of amides is 3. The van der Waals surface area contributed by atoms with Crippen molar-refractivity contribution in [2.24, 2.45) is 5.41 Å². The van der Waals surface area contributed by atoms with Gasteiger partial charge in [-0.3, -0.25) is 24.2 Å². The van der Waals surface area contributed by atoms with E-state index in [1.54, 1.807) is 0 Å². The zero-order chi connectivity index (χ0) is 16.4. The number of likely N-dealkylation sites (tertiary alicyclic amines) is 2. The molecule has 0 aromatic carbocycles. The quantitative estimate of drug-likeness (QED) is 0.764. The lowest BCUT2D eigenvalue weighted by Crippen LogP contribution is -2.45. The lowest BCUT2D eigenvalue weighted by atomic mass is 9.84. The number of carbonyl (C=O) groups is 3. The van der Waals surface area contributed by atoms with Crippen molar-refractivity contribution in [3.8, 4) is 0 Å². The first-order valence-corrected chi connectivity index (χ1v) is 8.91. The molecule has 3 amide bonds. The van der Waals surface area contributed by atoms with Crippen molar-refractivity contribution in [2.75, 3.05) is 26.2 Å². The molecule has 3 fully saturated rings. The van der Waals surface area contributed by atoms with Crippen LogP contribution in [0.1, 0.15) is 51.9 Å². The average molecular weight is 321 g/mol. The predicted octanol–water partition coefficient (Wildman–Crippen LogP) is 0.906.